The molecule has 0 aromatic heterocycles. The molecule has 15 heteroatoms. The van der Waals surface area contributed by atoms with Gasteiger partial charge in [-0.15, -0.1) is 0 Å². The maximum atomic E-state index is 13.4. The van der Waals surface area contributed by atoms with E-state index < -0.39 is 67.3 Å². The van der Waals surface area contributed by atoms with E-state index in [-0.39, 0.29) is 40.6 Å². The number of nitrogens with one attached hydrogen (secondary N) is 3. The summed E-state index contributed by atoms with van der Waals surface area (Å²) < 4.78 is 11.7. The number of fused-ring (bicyclic) bond motifs is 4. The maximum absolute atomic E-state index is 13.4. The van der Waals surface area contributed by atoms with Gasteiger partial charge in [0.15, 0.2) is 5.60 Å². The first kappa shape index (κ1) is 42.7. The monoisotopic (exact) mass is 773 g/mol. The second kappa shape index (κ2) is 20.0. The van der Waals surface area contributed by atoms with E-state index in [1.807, 2.05) is 24.3 Å². The maximum Gasteiger partial charge on any atom is 0.336 e. The van der Waals surface area contributed by atoms with Crippen LogP contribution in [0.5, 0.6) is 5.75 Å². The summed E-state index contributed by atoms with van der Waals surface area (Å²) in [5, 5.41) is 61.8. The van der Waals surface area contributed by atoms with Gasteiger partial charge in [-0.1, -0.05) is 48.4 Å². The second-order valence-electron chi connectivity index (χ2n) is 14.1. The number of carbonyl (C=O) groups is 4. The van der Waals surface area contributed by atoms with E-state index >= 15 is 0 Å². The number of aliphatic carboxylic acids is 1. The van der Waals surface area contributed by atoms with Gasteiger partial charge in [0, 0.05) is 45.1 Å². The molecule has 0 radical (unpaired) electrons. The standard InChI is InChI=1S/C39H52ClN3O11/c1-23(42-24(2)45)35-34(48)32(46)21-41-36(49)29-19-27(33(47)30(40)20-29)10-3-4-13-31(43-37(50)28-12-7-17-53-22-28)26-11-5-8-25(18-26)9-6-14-39(54-35,15-16-44)38(51)52/h5-6,8-9,11,18-20,23,28,31-32,34-35,44,46-48H,3-4,7,10,12-17,21-22H2,1-2H3,(H,41,49)(H,42,45)(H,43,50)(H,51,52)/b9-6+/t23-,28?,31?,32-,34-,35?,39-/m1/s1. The molecule has 2 aliphatic rings. The third kappa shape index (κ3) is 11.5. The number of benzene rings is 2. The number of hydrogen-bond donors (Lipinski definition) is 8. The average Bonchev–Trinajstić information content (AvgIpc) is 3.14. The molecular formula is C39H52ClN3O11. The minimum Gasteiger partial charge on any atom is -0.506 e. The molecule has 8 N–H and O–H groups in total. The number of carboxylic acids is 1. The normalized spacial score (nSPS) is 27.2. The fourth-order valence-electron chi connectivity index (χ4n) is 6.87. The number of carbonyl (C=O) groups excluding carboxylic acids is 3. The molecule has 7 atom stereocenters. The van der Waals surface area contributed by atoms with Crippen LogP contribution in [0.2, 0.25) is 5.02 Å². The second-order valence-corrected chi connectivity index (χ2v) is 14.5. The highest BCUT2D eigenvalue weighted by Crippen LogP contribution is 2.32. The molecule has 1 fully saturated rings. The molecule has 3 unspecified atom stereocenters. The highest BCUT2D eigenvalue weighted by molar-refractivity contribution is 6.32. The third-order valence-corrected chi connectivity index (χ3v) is 10.2. The number of ether oxygens (including phenoxy) is 2. The van der Waals surface area contributed by atoms with Crippen LogP contribution in [0.25, 0.3) is 6.08 Å². The Hall–Kier alpha value is -4.05. The summed E-state index contributed by atoms with van der Waals surface area (Å²) in [6.45, 7) is 2.54. The van der Waals surface area contributed by atoms with Crippen LogP contribution in [0, 0.1) is 5.92 Å². The molecule has 4 rings (SSSR count). The number of amides is 3. The van der Waals surface area contributed by atoms with Crippen LogP contribution in [-0.2, 0) is 30.3 Å². The van der Waals surface area contributed by atoms with Gasteiger partial charge in [-0.2, -0.15) is 0 Å². The quantitative estimate of drug-likeness (QED) is 0.204. The minimum atomic E-state index is -2.11. The lowest BCUT2D eigenvalue weighted by Gasteiger charge is -2.38. The van der Waals surface area contributed by atoms with Crippen LogP contribution < -0.4 is 16.0 Å². The zero-order chi connectivity index (χ0) is 39.4. The fraction of sp³-hybridized carbons (Fsp3) is 0.538. The zero-order valence-corrected chi connectivity index (χ0v) is 31.4. The summed E-state index contributed by atoms with van der Waals surface area (Å²) in [7, 11) is 0. The van der Waals surface area contributed by atoms with E-state index in [9.17, 15) is 44.7 Å². The fourth-order valence-corrected chi connectivity index (χ4v) is 7.11. The van der Waals surface area contributed by atoms with Crippen molar-refractivity contribution in [2.45, 2.75) is 101 Å². The largest absolute Gasteiger partial charge is 0.506 e. The minimum absolute atomic E-state index is 0.0520. The van der Waals surface area contributed by atoms with E-state index in [2.05, 4.69) is 16.0 Å². The number of rotatable bonds is 7. The predicted octanol–water partition coefficient (Wildman–Crippen LogP) is 3.03. The number of halogens is 1. The first-order valence-corrected chi connectivity index (χ1v) is 18.7. The highest BCUT2D eigenvalue weighted by atomic mass is 35.5. The van der Waals surface area contributed by atoms with Gasteiger partial charge < -0.3 is 51.0 Å². The lowest BCUT2D eigenvalue weighted by molar-refractivity contribution is -0.196. The summed E-state index contributed by atoms with van der Waals surface area (Å²) in [5.74, 6) is -3.20. The smallest absolute Gasteiger partial charge is 0.336 e. The van der Waals surface area contributed by atoms with E-state index in [1.165, 1.54) is 26.0 Å². The molecule has 0 aliphatic carbocycles. The van der Waals surface area contributed by atoms with Gasteiger partial charge in [0.05, 0.1) is 35.7 Å². The van der Waals surface area contributed by atoms with Gasteiger partial charge in [-0.25, -0.2) is 4.79 Å². The van der Waals surface area contributed by atoms with Crippen LogP contribution >= 0.6 is 11.6 Å². The molecule has 3 amide bonds. The first-order valence-electron chi connectivity index (χ1n) is 18.3. The van der Waals surface area contributed by atoms with E-state index in [4.69, 9.17) is 21.1 Å². The number of phenolic OH excluding ortho intramolecular Hbond substituents is 1. The zero-order valence-electron chi connectivity index (χ0n) is 30.6. The van der Waals surface area contributed by atoms with E-state index in [0.717, 1.165) is 12.0 Å². The summed E-state index contributed by atoms with van der Waals surface area (Å²) in [4.78, 5) is 51.5. The molecule has 296 valence electrons. The van der Waals surface area contributed by atoms with Crippen molar-refractivity contribution in [1.82, 2.24) is 16.0 Å². The Labute approximate surface area is 319 Å². The molecule has 0 spiro atoms. The van der Waals surface area contributed by atoms with Crippen molar-refractivity contribution < 1.29 is 54.2 Å². The van der Waals surface area contributed by atoms with Gasteiger partial charge in [0.2, 0.25) is 11.8 Å². The molecule has 1 saturated heterocycles. The number of carboxylic acid groups (broad SMARTS) is 1. The van der Waals surface area contributed by atoms with Crippen LogP contribution in [0.4, 0.5) is 0 Å². The highest BCUT2D eigenvalue weighted by Gasteiger charge is 2.45. The molecule has 2 aliphatic heterocycles. The van der Waals surface area contributed by atoms with Crippen molar-refractivity contribution in [2.75, 3.05) is 26.4 Å². The summed E-state index contributed by atoms with van der Waals surface area (Å²) in [6.07, 6.45) is 1.15. The van der Waals surface area contributed by atoms with Crippen molar-refractivity contribution >= 4 is 41.4 Å². The Kier molecular flexibility index (Phi) is 15.8. The van der Waals surface area contributed by atoms with Crippen LogP contribution in [0.3, 0.4) is 0 Å². The molecule has 14 nitrogen and oxygen atoms in total. The van der Waals surface area contributed by atoms with Crippen molar-refractivity contribution in [2.24, 2.45) is 5.92 Å². The van der Waals surface area contributed by atoms with Crippen molar-refractivity contribution in [3.05, 3.63) is 69.8 Å². The predicted molar refractivity (Wildman–Crippen MR) is 200 cm³/mol. The van der Waals surface area contributed by atoms with Crippen LogP contribution in [0.15, 0.2) is 42.5 Å². The van der Waals surface area contributed by atoms with Crippen LogP contribution in [0.1, 0.15) is 91.9 Å². The lowest BCUT2D eigenvalue weighted by atomic mass is 9.92. The molecule has 0 saturated carbocycles. The number of aromatic hydroxyl groups is 1. The molecule has 2 aromatic rings. The van der Waals surface area contributed by atoms with E-state index in [1.54, 1.807) is 12.2 Å². The van der Waals surface area contributed by atoms with Gasteiger partial charge >= 0.3 is 5.97 Å². The molecule has 2 heterocycles. The topological polar surface area (TPSA) is 224 Å². The van der Waals surface area contributed by atoms with Crippen molar-refractivity contribution in [1.29, 1.82) is 0 Å². The Bertz CT molecular complexity index is 1650. The summed E-state index contributed by atoms with van der Waals surface area (Å²) >= 11 is 6.32. The summed E-state index contributed by atoms with van der Waals surface area (Å²) in [5.41, 5.74) is -0.0876. The molecule has 4 bridgehead atoms. The van der Waals surface area contributed by atoms with Crippen molar-refractivity contribution in [3.8, 4) is 5.75 Å². The Morgan fingerprint density at radius 1 is 1.11 bits per heavy atom. The van der Waals surface area contributed by atoms with Crippen LogP contribution in [-0.4, -0.2) is 106 Å². The Morgan fingerprint density at radius 3 is 2.57 bits per heavy atom. The lowest BCUT2D eigenvalue weighted by Crippen LogP contribution is -2.58. The van der Waals surface area contributed by atoms with Gasteiger partial charge in [0.25, 0.3) is 5.91 Å². The average molecular weight is 774 g/mol. The van der Waals surface area contributed by atoms with Gasteiger partial charge in [-0.3, -0.25) is 14.4 Å². The Balaban J connectivity index is 1.75. The number of β-amino-alcohol motifs (C(OH)–C–C–N with tert-alkyl or cyclic N) is 1. The first-order chi connectivity index (χ1) is 25.7. The number of aliphatic hydroxyl groups excluding tert-OH is 3. The number of aryl methyl sites for hydroxylation is 1. The SMILES string of the molecule is CC(=O)N[C@H](C)C1O[C@](CCO)(C(=O)O)C/C=C/c2cccc(c2)C(NC(=O)C2CCCOC2)CCCCc2cc(cc(Cl)c2O)C(=O)NC[C@@H](O)[C@H]1O. The molecule has 2 aromatic carbocycles. The number of phenols is 1. The number of hydrogen-bond acceptors (Lipinski definition) is 10. The van der Waals surface area contributed by atoms with Gasteiger partial charge in [-0.05, 0) is 73.9 Å². The van der Waals surface area contributed by atoms with E-state index in [0.29, 0.717) is 56.4 Å². The number of aliphatic hydroxyl groups is 3. The third-order valence-electron chi connectivity index (χ3n) is 9.91. The van der Waals surface area contributed by atoms with Gasteiger partial charge in [0.1, 0.15) is 18.0 Å². The molecule has 54 heavy (non-hydrogen) atoms. The van der Waals surface area contributed by atoms with Crippen molar-refractivity contribution in [3.63, 3.8) is 0 Å². The summed E-state index contributed by atoms with van der Waals surface area (Å²) in [6, 6.07) is 8.76. The molecular weight excluding hydrogens is 722 g/mol. The Morgan fingerprint density at radius 2 is 1.89 bits per heavy atom.